The molecule has 3 N–H and O–H groups in total. The third kappa shape index (κ3) is 3.04. The lowest BCUT2D eigenvalue weighted by atomic mass is 9.86. The highest BCUT2D eigenvalue weighted by molar-refractivity contribution is 5.77. The summed E-state index contributed by atoms with van der Waals surface area (Å²) < 4.78 is 26.2. The summed E-state index contributed by atoms with van der Waals surface area (Å²) in [7, 11) is 0. The van der Waals surface area contributed by atoms with Crippen molar-refractivity contribution < 1.29 is 13.6 Å². The van der Waals surface area contributed by atoms with E-state index in [1.54, 1.807) is 0 Å². The maximum atomic E-state index is 13.1. The molecule has 1 aromatic carbocycles. The Hall–Kier alpha value is -1.49. The van der Waals surface area contributed by atoms with Gasteiger partial charge in [0.25, 0.3) is 0 Å². The molecule has 1 aliphatic heterocycles. The molecular formula is C13H16F2N2O. The van der Waals surface area contributed by atoms with Crippen LogP contribution in [0.4, 0.5) is 8.78 Å². The smallest absolute Gasteiger partial charge is 0.222 e. The predicted molar refractivity (Wildman–Crippen MR) is 63.8 cm³/mol. The summed E-state index contributed by atoms with van der Waals surface area (Å²) in [4.78, 5) is 11.3. The fourth-order valence-electron chi connectivity index (χ4n) is 2.49. The minimum atomic E-state index is -0.601. The second-order valence-corrected chi connectivity index (χ2v) is 4.69. The number of hydrogen-bond donors (Lipinski definition) is 2. The molecule has 2 atom stereocenters. The maximum absolute atomic E-state index is 13.1. The molecule has 1 aromatic rings. The van der Waals surface area contributed by atoms with Gasteiger partial charge in [-0.15, -0.1) is 0 Å². The van der Waals surface area contributed by atoms with Crippen molar-refractivity contribution in [1.82, 2.24) is 5.32 Å². The largest absolute Gasteiger partial charge is 0.369 e. The van der Waals surface area contributed by atoms with E-state index in [1.807, 2.05) is 0 Å². The van der Waals surface area contributed by atoms with E-state index >= 15 is 0 Å². The lowest BCUT2D eigenvalue weighted by Gasteiger charge is -2.30. The van der Waals surface area contributed by atoms with E-state index < -0.39 is 11.6 Å². The molecule has 1 saturated heterocycles. The van der Waals surface area contributed by atoms with Crippen LogP contribution in [0.15, 0.2) is 18.2 Å². The molecule has 2 rings (SSSR count). The molecule has 0 aromatic heterocycles. The first-order chi connectivity index (χ1) is 8.56. The number of primary amides is 1. The zero-order valence-electron chi connectivity index (χ0n) is 9.96. The number of nitrogens with one attached hydrogen (secondary N) is 1. The van der Waals surface area contributed by atoms with Gasteiger partial charge >= 0.3 is 0 Å². The maximum Gasteiger partial charge on any atom is 0.222 e. The standard InChI is InChI=1S/C13H16F2N2O/c14-9-4-8(5-10(15)7-9)6-12-11(13(16)18)2-1-3-17-12/h4-5,7,11-12,17H,1-3,6H2,(H2,16,18). The van der Waals surface area contributed by atoms with Crippen LogP contribution < -0.4 is 11.1 Å². The molecule has 0 saturated carbocycles. The fourth-order valence-corrected chi connectivity index (χ4v) is 2.49. The van der Waals surface area contributed by atoms with Crippen molar-refractivity contribution in [2.45, 2.75) is 25.3 Å². The summed E-state index contributed by atoms with van der Waals surface area (Å²) in [5.74, 6) is -1.83. The molecule has 2 unspecified atom stereocenters. The van der Waals surface area contributed by atoms with Crippen LogP contribution in [0.25, 0.3) is 0 Å². The summed E-state index contributed by atoms with van der Waals surface area (Å²) in [5.41, 5.74) is 5.88. The van der Waals surface area contributed by atoms with Crippen molar-refractivity contribution in [3.8, 4) is 0 Å². The Morgan fingerprint density at radius 3 is 2.61 bits per heavy atom. The van der Waals surface area contributed by atoms with Gasteiger partial charge in [0.1, 0.15) is 11.6 Å². The van der Waals surface area contributed by atoms with Crippen molar-refractivity contribution in [2.24, 2.45) is 11.7 Å². The number of nitrogens with two attached hydrogens (primary N) is 1. The van der Waals surface area contributed by atoms with Crippen molar-refractivity contribution in [2.75, 3.05) is 6.54 Å². The highest BCUT2D eigenvalue weighted by Gasteiger charge is 2.29. The molecule has 1 aliphatic rings. The van der Waals surface area contributed by atoms with Crippen LogP contribution in [0.3, 0.4) is 0 Å². The lowest BCUT2D eigenvalue weighted by Crippen LogP contribution is -2.48. The van der Waals surface area contributed by atoms with Gasteiger partial charge < -0.3 is 11.1 Å². The van der Waals surface area contributed by atoms with Gasteiger partial charge in [-0.25, -0.2) is 8.78 Å². The van der Waals surface area contributed by atoms with E-state index in [2.05, 4.69) is 5.32 Å². The van der Waals surface area contributed by atoms with Gasteiger partial charge in [-0.1, -0.05) is 0 Å². The third-order valence-electron chi connectivity index (χ3n) is 3.33. The zero-order chi connectivity index (χ0) is 13.1. The monoisotopic (exact) mass is 254 g/mol. The topological polar surface area (TPSA) is 55.1 Å². The van der Waals surface area contributed by atoms with Crippen molar-refractivity contribution in [1.29, 1.82) is 0 Å². The number of amides is 1. The van der Waals surface area contributed by atoms with Crippen LogP contribution in [0.1, 0.15) is 18.4 Å². The average Bonchev–Trinajstić information content (AvgIpc) is 2.27. The highest BCUT2D eigenvalue weighted by atomic mass is 19.1. The van der Waals surface area contributed by atoms with Crippen molar-refractivity contribution >= 4 is 5.91 Å². The number of halogens is 2. The Kier molecular flexibility index (Phi) is 3.91. The van der Waals surface area contributed by atoms with Gasteiger partial charge in [-0.2, -0.15) is 0 Å². The fraction of sp³-hybridized carbons (Fsp3) is 0.462. The first-order valence-corrected chi connectivity index (χ1v) is 6.04. The normalized spacial score (nSPS) is 23.9. The van der Waals surface area contributed by atoms with Crippen LogP contribution in [0.5, 0.6) is 0 Å². The molecule has 0 aliphatic carbocycles. The SMILES string of the molecule is NC(=O)C1CCCNC1Cc1cc(F)cc(F)c1. The minimum Gasteiger partial charge on any atom is -0.369 e. The van der Waals surface area contributed by atoms with Gasteiger partial charge in [0, 0.05) is 12.1 Å². The van der Waals surface area contributed by atoms with Gasteiger partial charge in [0.05, 0.1) is 5.92 Å². The first kappa shape index (κ1) is 13.0. The van der Waals surface area contributed by atoms with Crippen LogP contribution in [0.2, 0.25) is 0 Å². The van der Waals surface area contributed by atoms with Crippen LogP contribution in [-0.2, 0) is 11.2 Å². The second-order valence-electron chi connectivity index (χ2n) is 4.69. The summed E-state index contributed by atoms with van der Waals surface area (Å²) >= 11 is 0. The van der Waals surface area contributed by atoms with E-state index in [0.29, 0.717) is 12.0 Å². The van der Waals surface area contributed by atoms with Gasteiger partial charge in [0.2, 0.25) is 5.91 Å². The van der Waals surface area contributed by atoms with E-state index in [4.69, 9.17) is 5.73 Å². The molecule has 1 fully saturated rings. The first-order valence-electron chi connectivity index (χ1n) is 6.04. The van der Waals surface area contributed by atoms with Crippen LogP contribution >= 0.6 is 0 Å². The van der Waals surface area contributed by atoms with Crippen molar-refractivity contribution in [3.63, 3.8) is 0 Å². The second kappa shape index (κ2) is 5.44. The van der Waals surface area contributed by atoms with E-state index in [9.17, 15) is 13.6 Å². The molecule has 5 heteroatoms. The molecule has 98 valence electrons. The number of benzene rings is 1. The summed E-state index contributed by atoms with van der Waals surface area (Å²) in [6.07, 6.45) is 2.02. The van der Waals surface area contributed by atoms with E-state index in [1.165, 1.54) is 12.1 Å². The molecule has 18 heavy (non-hydrogen) atoms. The Balaban J connectivity index is 2.13. The summed E-state index contributed by atoms with van der Waals surface area (Å²) in [6, 6.07) is 3.27. The molecule has 1 heterocycles. The third-order valence-corrected chi connectivity index (χ3v) is 3.33. The summed E-state index contributed by atoms with van der Waals surface area (Å²) in [5, 5.41) is 3.19. The Morgan fingerprint density at radius 2 is 2.00 bits per heavy atom. The lowest BCUT2D eigenvalue weighted by molar-refractivity contribution is -0.123. The van der Waals surface area contributed by atoms with Crippen molar-refractivity contribution in [3.05, 3.63) is 35.4 Å². The number of piperidine rings is 1. The Bertz CT molecular complexity index is 430. The Morgan fingerprint density at radius 1 is 1.33 bits per heavy atom. The van der Waals surface area contributed by atoms with E-state index in [0.717, 1.165) is 25.5 Å². The zero-order valence-corrected chi connectivity index (χ0v) is 9.96. The highest BCUT2D eigenvalue weighted by Crippen LogP contribution is 2.20. The molecule has 0 radical (unpaired) electrons. The van der Waals surface area contributed by atoms with Crippen LogP contribution in [0, 0.1) is 17.6 Å². The van der Waals surface area contributed by atoms with Crippen LogP contribution in [-0.4, -0.2) is 18.5 Å². The number of rotatable bonds is 3. The molecular weight excluding hydrogens is 238 g/mol. The Labute approximate surface area is 104 Å². The summed E-state index contributed by atoms with van der Waals surface area (Å²) in [6.45, 7) is 0.798. The molecule has 0 spiro atoms. The molecule has 0 bridgehead atoms. The minimum absolute atomic E-state index is 0.141. The van der Waals surface area contributed by atoms with Gasteiger partial charge in [0.15, 0.2) is 0 Å². The quantitative estimate of drug-likeness (QED) is 0.855. The average molecular weight is 254 g/mol. The number of hydrogen-bond acceptors (Lipinski definition) is 2. The number of carbonyl (C=O) groups excluding carboxylic acids is 1. The number of carbonyl (C=O) groups is 1. The van der Waals surface area contributed by atoms with E-state index in [-0.39, 0.29) is 17.9 Å². The van der Waals surface area contributed by atoms with Gasteiger partial charge in [-0.3, -0.25) is 4.79 Å². The predicted octanol–water partition coefficient (Wildman–Crippen LogP) is 1.36. The molecule has 1 amide bonds. The van der Waals surface area contributed by atoms with Gasteiger partial charge in [-0.05, 0) is 43.5 Å². The molecule has 3 nitrogen and oxygen atoms in total.